The first-order chi connectivity index (χ1) is 15.0. The Balaban J connectivity index is 1.79. The summed E-state index contributed by atoms with van der Waals surface area (Å²) in [7, 11) is 0. The highest BCUT2D eigenvalue weighted by Gasteiger charge is 2.30. The first-order valence-electron chi connectivity index (χ1n) is 10.6. The average molecular weight is 410 g/mol. The van der Waals surface area contributed by atoms with Gasteiger partial charge in [-0.25, -0.2) is 0 Å². The van der Waals surface area contributed by atoms with Crippen LogP contribution in [-0.2, 0) is 0 Å². The minimum Gasteiger partial charge on any atom is -0.466 e. The smallest absolute Gasteiger partial charge is 0.257 e. The van der Waals surface area contributed by atoms with Crippen molar-refractivity contribution in [2.45, 2.75) is 33.0 Å². The lowest BCUT2D eigenvalue weighted by Gasteiger charge is -2.35. The lowest BCUT2D eigenvalue weighted by atomic mass is 10.0. The van der Waals surface area contributed by atoms with Crippen LogP contribution in [-0.4, -0.2) is 16.8 Å². The van der Waals surface area contributed by atoms with Gasteiger partial charge in [-0.2, -0.15) is 0 Å². The van der Waals surface area contributed by atoms with Crippen LogP contribution in [0.15, 0.2) is 97.1 Å². The number of hydrogen-bond acceptors (Lipinski definition) is 2. The van der Waals surface area contributed by atoms with Crippen LogP contribution in [0.3, 0.4) is 0 Å². The fourth-order valence-corrected chi connectivity index (χ4v) is 3.73. The van der Waals surface area contributed by atoms with Crippen molar-refractivity contribution in [2.24, 2.45) is 0 Å². The molecule has 0 aromatic heterocycles. The molecule has 156 valence electrons. The summed E-state index contributed by atoms with van der Waals surface area (Å²) in [4.78, 5) is 15.4. The third-order valence-electron chi connectivity index (χ3n) is 5.39. The number of nitrogens with zero attached hydrogens (tertiary/aromatic N) is 1. The van der Waals surface area contributed by atoms with Gasteiger partial charge in [-0.05, 0) is 61.9 Å². The summed E-state index contributed by atoms with van der Waals surface area (Å²) >= 11 is 0. The van der Waals surface area contributed by atoms with Gasteiger partial charge in [0.1, 0.15) is 5.75 Å². The lowest BCUT2D eigenvalue weighted by molar-refractivity contribution is 0.00648. The second-order valence-electron chi connectivity index (χ2n) is 8.06. The van der Waals surface area contributed by atoms with Gasteiger partial charge in [0.25, 0.3) is 5.91 Å². The number of para-hydroxylation sites is 1. The monoisotopic (exact) mass is 409 g/mol. The van der Waals surface area contributed by atoms with Gasteiger partial charge >= 0.3 is 0 Å². The number of rotatable bonds is 6. The van der Waals surface area contributed by atoms with Gasteiger partial charge in [-0.15, -0.1) is 0 Å². The van der Waals surface area contributed by atoms with Crippen molar-refractivity contribution < 1.29 is 9.53 Å². The third-order valence-corrected chi connectivity index (χ3v) is 5.39. The van der Waals surface area contributed by atoms with Gasteiger partial charge in [-0.3, -0.25) is 9.69 Å². The van der Waals surface area contributed by atoms with E-state index in [1.54, 1.807) is 0 Å². The van der Waals surface area contributed by atoms with Crippen molar-refractivity contribution >= 4 is 16.7 Å². The first-order valence-corrected chi connectivity index (χ1v) is 10.6. The Kier molecular flexibility index (Phi) is 6.03. The second-order valence-corrected chi connectivity index (χ2v) is 8.06. The van der Waals surface area contributed by atoms with Crippen molar-refractivity contribution in [1.82, 2.24) is 4.90 Å². The first kappa shape index (κ1) is 20.7. The molecule has 3 nitrogen and oxygen atoms in total. The molecule has 0 aliphatic rings. The zero-order chi connectivity index (χ0) is 21.8. The number of ether oxygens (including phenoxy) is 1. The molecule has 3 heteroatoms. The van der Waals surface area contributed by atoms with Crippen molar-refractivity contribution in [3.63, 3.8) is 0 Å². The van der Waals surface area contributed by atoms with E-state index in [0.29, 0.717) is 5.56 Å². The summed E-state index contributed by atoms with van der Waals surface area (Å²) in [5, 5.41) is 2.28. The fraction of sp³-hybridized carbons (Fsp3) is 0.179. The predicted molar refractivity (Wildman–Crippen MR) is 126 cm³/mol. The van der Waals surface area contributed by atoms with E-state index in [4.69, 9.17) is 4.74 Å². The number of aryl methyl sites for hydroxylation is 1. The molecule has 0 radical (unpaired) electrons. The van der Waals surface area contributed by atoms with E-state index in [0.717, 1.165) is 27.6 Å². The zero-order valence-electron chi connectivity index (χ0n) is 18.2. The number of fused-ring (bicyclic) bond motifs is 1. The van der Waals surface area contributed by atoms with E-state index in [9.17, 15) is 4.79 Å². The summed E-state index contributed by atoms with van der Waals surface area (Å²) in [6.45, 7) is 6.06. The third kappa shape index (κ3) is 4.61. The van der Waals surface area contributed by atoms with Gasteiger partial charge in [0.15, 0.2) is 0 Å². The summed E-state index contributed by atoms with van der Waals surface area (Å²) in [6.07, 6.45) is -0.555. The minimum atomic E-state index is -0.555. The summed E-state index contributed by atoms with van der Waals surface area (Å²) in [6, 6.07) is 31.8. The molecule has 0 fully saturated rings. The van der Waals surface area contributed by atoms with Gasteiger partial charge in [0.05, 0.1) is 0 Å². The van der Waals surface area contributed by atoms with Crippen LogP contribution in [0.25, 0.3) is 10.8 Å². The largest absolute Gasteiger partial charge is 0.466 e. The Bertz CT molecular complexity index is 1170. The maximum atomic E-state index is 13.6. The van der Waals surface area contributed by atoms with Gasteiger partial charge in [-0.1, -0.05) is 72.3 Å². The molecule has 1 amide bonds. The molecule has 0 saturated carbocycles. The SMILES string of the molecule is Cc1ccc(C(=O)N(C(C)C)C(Oc2ccccc2)c2ccc3ccccc3c2)cc1. The van der Waals surface area contributed by atoms with Crippen LogP contribution < -0.4 is 4.74 Å². The predicted octanol–water partition coefficient (Wildman–Crippen LogP) is 6.78. The molecule has 0 heterocycles. The Morgan fingerprint density at radius 3 is 2.10 bits per heavy atom. The molecule has 4 aromatic rings. The molecule has 0 bridgehead atoms. The van der Waals surface area contributed by atoms with E-state index in [1.165, 1.54) is 0 Å². The quantitative estimate of drug-likeness (QED) is 0.329. The molecule has 0 spiro atoms. The number of amides is 1. The van der Waals surface area contributed by atoms with Gasteiger partial charge in [0.2, 0.25) is 6.23 Å². The highest BCUT2D eigenvalue weighted by molar-refractivity contribution is 5.94. The molecule has 4 aromatic carbocycles. The number of carbonyl (C=O) groups is 1. The molecular weight excluding hydrogens is 382 g/mol. The Hall–Kier alpha value is -3.59. The lowest BCUT2D eigenvalue weighted by Crippen LogP contribution is -2.42. The number of benzene rings is 4. The normalized spacial score (nSPS) is 12.0. The fourth-order valence-electron chi connectivity index (χ4n) is 3.73. The second kappa shape index (κ2) is 9.05. The van der Waals surface area contributed by atoms with Gasteiger partial charge < -0.3 is 4.74 Å². The highest BCUT2D eigenvalue weighted by Crippen LogP contribution is 2.31. The molecule has 0 saturated heterocycles. The Labute approximate surface area is 183 Å². The molecular formula is C28H27NO2. The molecule has 0 aliphatic carbocycles. The van der Waals surface area contributed by atoms with Crippen molar-refractivity contribution in [3.05, 3.63) is 114 Å². The van der Waals surface area contributed by atoms with E-state index >= 15 is 0 Å². The molecule has 1 unspecified atom stereocenters. The van der Waals surface area contributed by atoms with Crippen molar-refractivity contribution in [2.75, 3.05) is 0 Å². The highest BCUT2D eigenvalue weighted by atomic mass is 16.5. The van der Waals surface area contributed by atoms with Crippen LogP contribution in [0.5, 0.6) is 5.75 Å². The topological polar surface area (TPSA) is 29.5 Å². The Morgan fingerprint density at radius 1 is 0.774 bits per heavy atom. The van der Waals surface area contributed by atoms with E-state index in [-0.39, 0.29) is 11.9 Å². The van der Waals surface area contributed by atoms with E-state index < -0.39 is 6.23 Å². The van der Waals surface area contributed by atoms with Crippen LogP contribution >= 0.6 is 0 Å². The molecule has 0 aliphatic heterocycles. The maximum absolute atomic E-state index is 13.6. The maximum Gasteiger partial charge on any atom is 0.257 e. The van der Waals surface area contributed by atoms with E-state index in [2.05, 4.69) is 24.3 Å². The minimum absolute atomic E-state index is 0.0518. The number of hydrogen-bond donors (Lipinski definition) is 0. The Morgan fingerprint density at radius 2 is 1.42 bits per heavy atom. The van der Waals surface area contributed by atoms with Crippen LogP contribution in [0.1, 0.15) is 41.6 Å². The van der Waals surface area contributed by atoms with Crippen LogP contribution in [0.2, 0.25) is 0 Å². The van der Waals surface area contributed by atoms with Crippen molar-refractivity contribution in [3.8, 4) is 5.75 Å². The summed E-state index contributed by atoms with van der Waals surface area (Å²) in [5.74, 6) is 0.673. The van der Waals surface area contributed by atoms with Crippen molar-refractivity contribution in [1.29, 1.82) is 0 Å². The van der Waals surface area contributed by atoms with E-state index in [1.807, 2.05) is 98.5 Å². The number of carbonyl (C=O) groups excluding carboxylic acids is 1. The van der Waals surface area contributed by atoms with Gasteiger partial charge in [0, 0.05) is 17.2 Å². The molecule has 4 rings (SSSR count). The van der Waals surface area contributed by atoms with Crippen LogP contribution in [0.4, 0.5) is 0 Å². The molecule has 31 heavy (non-hydrogen) atoms. The zero-order valence-corrected chi connectivity index (χ0v) is 18.2. The standard InChI is InChI=1S/C28H27NO2/c1-20(2)29(27(30)23-15-13-21(3)14-16-23)28(31-26-11-5-4-6-12-26)25-18-17-22-9-7-8-10-24(22)19-25/h4-20,28H,1-3H3. The molecule has 0 N–H and O–H groups in total. The summed E-state index contributed by atoms with van der Waals surface area (Å²) < 4.78 is 6.44. The van der Waals surface area contributed by atoms with Crippen LogP contribution in [0, 0.1) is 6.92 Å². The molecule has 1 atom stereocenters. The average Bonchev–Trinajstić information content (AvgIpc) is 2.79. The summed E-state index contributed by atoms with van der Waals surface area (Å²) in [5.41, 5.74) is 2.72.